The predicted octanol–water partition coefficient (Wildman–Crippen LogP) is 1.75. The van der Waals surface area contributed by atoms with E-state index in [0.29, 0.717) is 6.42 Å². The van der Waals surface area contributed by atoms with Gasteiger partial charge in [-0.1, -0.05) is 0 Å². The lowest BCUT2D eigenvalue weighted by Crippen LogP contribution is -2.36. The molecule has 0 spiro atoms. The molecule has 1 atom stereocenters. The molecular formula is C15H23N3O2S. The van der Waals surface area contributed by atoms with Crippen LogP contribution in [0.1, 0.15) is 31.4 Å². The lowest BCUT2D eigenvalue weighted by Gasteiger charge is -2.22. The molecule has 2 fully saturated rings. The van der Waals surface area contributed by atoms with Crippen LogP contribution in [0, 0.1) is 0 Å². The van der Waals surface area contributed by atoms with E-state index >= 15 is 0 Å². The van der Waals surface area contributed by atoms with Crippen LogP contribution in [-0.2, 0) is 16.1 Å². The van der Waals surface area contributed by atoms with Crippen LogP contribution in [0.5, 0.6) is 0 Å². The van der Waals surface area contributed by atoms with E-state index in [1.165, 1.54) is 0 Å². The molecule has 21 heavy (non-hydrogen) atoms. The smallest absolute Gasteiger partial charge is 0.225 e. The average Bonchev–Trinajstić information content (AvgIpc) is 3.11. The number of aromatic nitrogens is 1. The van der Waals surface area contributed by atoms with Gasteiger partial charge in [-0.05, 0) is 19.3 Å². The van der Waals surface area contributed by atoms with Crippen molar-refractivity contribution in [3.8, 4) is 0 Å². The van der Waals surface area contributed by atoms with E-state index < -0.39 is 0 Å². The molecule has 2 aliphatic rings. The minimum Gasteiger partial charge on any atom is -0.378 e. The molecule has 3 rings (SSSR count). The van der Waals surface area contributed by atoms with E-state index in [9.17, 15) is 4.79 Å². The van der Waals surface area contributed by atoms with Crippen molar-refractivity contribution in [3.05, 3.63) is 16.6 Å². The molecule has 2 saturated heterocycles. The SMILES string of the molecule is O=C(C[C@H]1CCCO1)N1CCCN(Cc2cscn2)CC1. The molecule has 3 heterocycles. The standard InChI is InChI=1S/C15H23N3O2S/c19-15(9-14-3-1-8-20-14)18-5-2-4-17(6-7-18)10-13-11-21-12-16-13/h11-12,14H,1-10H2/t14-/m1/s1. The molecule has 0 aromatic carbocycles. The Balaban J connectivity index is 1.47. The molecule has 116 valence electrons. The Labute approximate surface area is 129 Å². The van der Waals surface area contributed by atoms with Gasteiger partial charge in [0.05, 0.1) is 23.7 Å². The summed E-state index contributed by atoms with van der Waals surface area (Å²) < 4.78 is 5.57. The van der Waals surface area contributed by atoms with Crippen LogP contribution in [0.2, 0.25) is 0 Å². The molecule has 0 aliphatic carbocycles. The summed E-state index contributed by atoms with van der Waals surface area (Å²) in [5.74, 6) is 0.261. The minimum absolute atomic E-state index is 0.159. The third kappa shape index (κ3) is 4.25. The van der Waals surface area contributed by atoms with Crippen molar-refractivity contribution >= 4 is 17.2 Å². The summed E-state index contributed by atoms with van der Waals surface area (Å²) in [6.45, 7) is 5.40. The van der Waals surface area contributed by atoms with Crippen molar-refractivity contribution in [1.29, 1.82) is 0 Å². The molecule has 1 amide bonds. The summed E-state index contributed by atoms with van der Waals surface area (Å²) in [6, 6.07) is 0. The first kappa shape index (κ1) is 14.9. The molecule has 0 unspecified atom stereocenters. The van der Waals surface area contributed by atoms with Crippen LogP contribution in [0.25, 0.3) is 0 Å². The van der Waals surface area contributed by atoms with Gasteiger partial charge in [-0.15, -0.1) is 11.3 Å². The second kappa shape index (κ2) is 7.33. The monoisotopic (exact) mass is 309 g/mol. The van der Waals surface area contributed by atoms with Gasteiger partial charge in [0, 0.05) is 44.7 Å². The van der Waals surface area contributed by atoms with Crippen LogP contribution in [0.15, 0.2) is 10.9 Å². The molecule has 5 nitrogen and oxygen atoms in total. The Morgan fingerprint density at radius 3 is 3.05 bits per heavy atom. The number of ether oxygens (including phenoxy) is 1. The Morgan fingerprint density at radius 1 is 1.33 bits per heavy atom. The summed E-state index contributed by atoms with van der Waals surface area (Å²) >= 11 is 1.64. The largest absolute Gasteiger partial charge is 0.378 e. The van der Waals surface area contributed by atoms with Gasteiger partial charge < -0.3 is 9.64 Å². The highest BCUT2D eigenvalue weighted by atomic mass is 32.1. The van der Waals surface area contributed by atoms with Gasteiger partial charge in [-0.2, -0.15) is 0 Å². The van der Waals surface area contributed by atoms with Crippen molar-refractivity contribution in [2.45, 2.75) is 38.3 Å². The zero-order valence-electron chi connectivity index (χ0n) is 12.4. The number of hydrogen-bond acceptors (Lipinski definition) is 5. The maximum Gasteiger partial charge on any atom is 0.225 e. The molecule has 0 N–H and O–H groups in total. The zero-order chi connectivity index (χ0) is 14.5. The van der Waals surface area contributed by atoms with Crippen LogP contribution in [0.3, 0.4) is 0 Å². The highest BCUT2D eigenvalue weighted by Crippen LogP contribution is 2.17. The maximum atomic E-state index is 12.3. The van der Waals surface area contributed by atoms with Gasteiger partial charge in [-0.3, -0.25) is 9.69 Å². The number of nitrogens with zero attached hydrogens (tertiary/aromatic N) is 3. The molecule has 0 bridgehead atoms. The van der Waals surface area contributed by atoms with Crippen LogP contribution < -0.4 is 0 Å². The van der Waals surface area contributed by atoms with Crippen LogP contribution in [-0.4, -0.2) is 59.6 Å². The number of carbonyl (C=O) groups is 1. The second-order valence-corrected chi connectivity index (χ2v) is 6.55. The fourth-order valence-corrected chi connectivity index (χ4v) is 3.60. The van der Waals surface area contributed by atoms with Gasteiger partial charge >= 0.3 is 0 Å². The topological polar surface area (TPSA) is 45.7 Å². The molecule has 2 aliphatic heterocycles. The van der Waals surface area contributed by atoms with Gasteiger partial charge in [0.1, 0.15) is 0 Å². The number of thiazole rings is 1. The Hall–Kier alpha value is -0.980. The van der Waals surface area contributed by atoms with E-state index in [-0.39, 0.29) is 12.0 Å². The minimum atomic E-state index is 0.159. The normalized spacial score (nSPS) is 24.2. The fraction of sp³-hybridized carbons (Fsp3) is 0.733. The third-order valence-corrected chi connectivity index (χ3v) is 4.87. The molecule has 0 radical (unpaired) electrons. The Kier molecular flexibility index (Phi) is 5.22. The second-order valence-electron chi connectivity index (χ2n) is 5.83. The lowest BCUT2D eigenvalue weighted by molar-refractivity contribution is -0.133. The van der Waals surface area contributed by atoms with E-state index in [1.54, 1.807) is 11.3 Å². The first-order valence-corrected chi connectivity index (χ1v) is 8.74. The Morgan fingerprint density at radius 2 is 2.29 bits per heavy atom. The average molecular weight is 309 g/mol. The number of amides is 1. The summed E-state index contributed by atoms with van der Waals surface area (Å²) in [7, 11) is 0. The van der Waals surface area contributed by atoms with Crippen LogP contribution in [0.4, 0.5) is 0 Å². The summed E-state index contributed by atoms with van der Waals surface area (Å²) in [5.41, 5.74) is 3.02. The van der Waals surface area contributed by atoms with E-state index in [1.807, 2.05) is 10.4 Å². The van der Waals surface area contributed by atoms with Crippen molar-refractivity contribution in [3.63, 3.8) is 0 Å². The summed E-state index contributed by atoms with van der Waals surface area (Å²) in [4.78, 5) is 21.1. The molecule has 1 aromatic heterocycles. The van der Waals surface area contributed by atoms with Crippen molar-refractivity contribution in [2.75, 3.05) is 32.8 Å². The van der Waals surface area contributed by atoms with Gasteiger partial charge in [0.15, 0.2) is 0 Å². The molecule has 1 aromatic rings. The van der Waals surface area contributed by atoms with E-state index in [4.69, 9.17) is 4.74 Å². The van der Waals surface area contributed by atoms with E-state index in [2.05, 4.69) is 15.3 Å². The maximum absolute atomic E-state index is 12.3. The lowest BCUT2D eigenvalue weighted by atomic mass is 10.1. The molecular weight excluding hydrogens is 286 g/mol. The van der Waals surface area contributed by atoms with Gasteiger partial charge in [-0.25, -0.2) is 4.98 Å². The van der Waals surface area contributed by atoms with E-state index in [0.717, 1.165) is 64.3 Å². The van der Waals surface area contributed by atoms with Gasteiger partial charge in [0.2, 0.25) is 5.91 Å². The fourth-order valence-electron chi connectivity index (χ4n) is 3.05. The summed E-state index contributed by atoms with van der Waals surface area (Å²) in [6.07, 6.45) is 3.90. The zero-order valence-corrected chi connectivity index (χ0v) is 13.2. The highest BCUT2D eigenvalue weighted by Gasteiger charge is 2.24. The quantitative estimate of drug-likeness (QED) is 0.850. The third-order valence-electron chi connectivity index (χ3n) is 4.24. The van der Waals surface area contributed by atoms with Crippen molar-refractivity contribution < 1.29 is 9.53 Å². The molecule has 6 heteroatoms. The Bertz CT molecular complexity index is 446. The van der Waals surface area contributed by atoms with Crippen molar-refractivity contribution in [1.82, 2.24) is 14.8 Å². The number of carbonyl (C=O) groups excluding carboxylic acids is 1. The summed E-state index contributed by atoms with van der Waals surface area (Å²) in [5, 5.41) is 2.10. The van der Waals surface area contributed by atoms with Gasteiger partial charge in [0.25, 0.3) is 0 Å². The number of hydrogen-bond donors (Lipinski definition) is 0. The highest BCUT2D eigenvalue weighted by molar-refractivity contribution is 7.07. The van der Waals surface area contributed by atoms with Crippen molar-refractivity contribution in [2.24, 2.45) is 0 Å². The molecule has 0 saturated carbocycles. The number of rotatable bonds is 4. The first-order valence-electron chi connectivity index (χ1n) is 7.80. The predicted molar refractivity (Wildman–Crippen MR) is 82.2 cm³/mol. The first-order chi connectivity index (χ1) is 10.3. The van der Waals surface area contributed by atoms with Crippen LogP contribution >= 0.6 is 11.3 Å².